The fraction of sp³-hybridized carbons (Fsp3) is 0.533. The van der Waals surface area contributed by atoms with Crippen LogP contribution >= 0.6 is 0 Å². The summed E-state index contributed by atoms with van der Waals surface area (Å²) >= 11 is 0. The lowest BCUT2D eigenvalue weighted by atomic mass is 10.2. The van der Waals surface area contributed by atoms with Crippen molar-refractivity contribution in [1.29, 1.82) is 0 Å². The number of aromatic nitrogens is 4. The molecule has 170 valence electrons. The normalized spacial score (nSPS) is 11.7. The molecule has 2 N–H and O–H groups in total. The van der Waals surface area contributed by atoms with E-state index in [0.29, 0.717) is 6.07 Å². The number of nitrogens with one attached hydrogen (secondary N) is 1. The Labute approximate surface area is 164 Å². The van der Waals surface area contributed by atoms with Gasteiger partial charge in [-0.1, -0.05) is 0 Å². The molecule has 0 bridgehead atoms. The van der Waals surface area contributed by atoms with Crippen molar-refractivity contribution >= 4 is 5.97 Å². The van der Waals surface area contributed by atoms with Crippen molar-refractivity contribution in [3.63, 3.8) is 0 Å². The number of hydrogen-bond acceptors (Lipinski definition) is 6. The minimum atomic E-state index is -4.71. The summed E-state index contributed by atoms with van der Waals surface area (Å²) in [5.41, 5.74) is -3.47. The van der Waals surface area contributed by atoms with E-state index in [4.69, 9.17) is 9.84 Å². The van der Waals surface area contributed by atoms with Gasteiger partial charge in [-0.2, -0.15) is 31.4 Å². The lowest BCUT2D eigenvalue weighted by Gasteiger charge is -2.08. The van der Waals surface area contributed by atoms with Gasteiger partial charge in [-0.15, -0.1) is 0 Å². The molecule has 0 aliphatic rings. The summed E-state index contributed by atoms with van der Waals surface area (Å²) in [6.45, 7) is 0.260. The molecule has 2 heterocycles. The van der Waals surface area contributed by atoms with Gasteiger partial charge in [-0.05, 0) is 6.92 Å². The molecule has 2 aromatic rings. The number of H-pyrrole nitrogens is 1. The molecule has 2 aromatic heterocycles. The molecule has 0 atom stereocenters. The fourth-order valence-electron chi connectivity index (χ4n) is 2.07. The highest BCUT2D eigenvalue weighted by Gasteiger charge is 2.39. The van der Waals surface area contributed by atoms with Crippen LogP contribution < -0.4 is 10.3 Å². The Morgan fingerprint density at radius 1 is 1.20 bits per heavy atom. The molecule has 0 aliphatic heterocycles. The van der Waals surface area contributed by atoms with Gasteiger partial charge >= 0.3 is 18.3 Å². The van der Waals surface area contributed by atoms with Gasteiger partial charge < -0.3 is 14.6 Å². The summed E-state index contributed by atoms with van der Waals surface area (Å²) in [6, 6.07) is 0.514. The van der Waals surface area contributed by atoms with Crippen LogP contribution in [-0.4, -0.2) is 43.9 Å². The highest BCUT2D eigenvalue weighted by Crippen LogP contribution is 2.35. The van der Waals surface area contributed by atoms with Gasteiger partial charge in [0.2, 0.25) is 5.88 Å². The quantitative estimate of drug-likeness (QED) is 0.531. The van der Waals surface area contributed by atoms with E-state index in [1.807, 2.05) is 5.10 Å². The van der Waals surface area contributed by atoms with Crippen LogP contribution in [0.2, 0.25) is 0 Å². The Bertz CT molecular complexity index is 912. The number of aryl methyl sites for hydroxylation is 2. The standard InChI is InChI=1S/C10H13F3N2O4.C5H5F3N2O/c1-3-18-7(17)5-19-9-6(4-16)8(10(11,12)13)14-15(9)2;1-10-4(11)2-3(9-10)5(6,7)8/h16H,3-5H2,1-2H3;2,9H,1H3. The third-order valence-corrected chi connectivity index (χ3v) is 3.34. The number of halogens is 6. The van der Waals surface area contributed by atoms with Crippen LogP contribution in [0.15, 0.2) is 10.9 Å². The zero-order valence-corrected chi connectivity index (χ0v) is 15.9. The number of aromatic amines is 1. The minimum Gasteiger partial charge on any atom is -0.466 e. The SMILES string of the molecule is CCOC(=O)COc1c(CO)c(C(F)(F)F)nn1C.Cn1[nH]c(C(F)(F)F)cc1=O. The van der Waals surface area contributed by atoms with E-state index in [2.05, 4.69) is 9.84 Å². The van der Waals surface area contributed by atoms with Crippen molar-refractivity contribution in [2.24, 2.45) is 14.1 Å². The lowest BCUT2D eigenvalue weighted by Crippen LogP contribution is -2.16. The second kappa shape index (κ2) is 9.69. The maximum Gasteiger partial charge on any atom is 0.435 e. The Kier molecular flexibility index (Phi) is 8.09. The predicted molar refractivity (Wildman–Crippen MR) is 87.3 cm³/mol. The van der Waals surface area contributed by atoms with Crippen molar-refractivity contribution in [2.45, 2.75) is 25.9 Å². The number of carbonyl (C=O) groups is 1. The number of rotatable bonds is 5. The largest absolute Gasteiger partial charge is 0.466 e. The average Bonchev–Trinajstić information content (AvgIpc) is 3.13. The fourth-order valence-corrected chi connectivity index (χ4v) is 2.07. The van der Waals surface area contributed by atoms with E-state index in [1.54, 1.807) is 6.92 Å². The van der Waals surface area contributed by atoms with Gasteiger partial charge in [0.05, 0.1) is 18.8 Å². The molecule has 9 nitrogen and oxygen atoms in total. The first kappa shape index (κ1) is 25.1. The number of ether oxygens (including phenoxy) is 2. The third kappa shape index (κ3) is 6.53. The molecule has 15 heteroatoms. The summed E-state index contributed by atoms with van der Waals surface area (Å²) in [5.74, 6) is -1.04. The van der Waals surface area contributed by atoms with E-state index in [0.717, 1.165) is 9.36 Å². The molecule has 0 aromatic carbocycles. The zero-order valence-electron chi connectivity index (χ0n) is 15.9. The van der Waals surface area contributed by atoms with Gasteiger partial charge in [0.1, 0.15) is 5.69 Å². The van der Waals surface area contributed by atoms with Crippen LogP contribution in [0.3, 0.4) is 0 Å². The number of aliphatic hydroxyl groups excluding tert-OH is 1. The topological polar surface area (TPSA) is 111 Å². The average molecular weight is 448 g/mol. The predicted octanol–water partition coefficient (Wildman–Crippen LogP) is 1.61. The first-order valence-electron chi connectivity index (χ1n) is 8.07. The number of nitrogens with zero attached hydrogens (tertiary/aromatic N) is 3. The Balaban J connectivity index is 0.000000346. The third-order valence-electron chi connectivity index (χ3n) is 3.34. The molecule has 0 fully saturated rings. The van der Waals surface area contributed by atoms with Gasteiger partial charge in [-0.3, -0.25) is 14.6 Å². The number of aliphatic hydroxyl groups is 1. The Morgan fingerprint density at radius 2 is 1.80 bits per heavy atom. The van der Waals surface area contributed by atoms with Crippen molar-refractivity contribution in [3.8, 4) is 5.88 Å². The number of hydrogen-bond donors (Lipinski definition) is 2. The molecule has 2 rings (SSSR count). The smallest absolute Gasteiger partial charge is 0.435 e. The number of carbonyl (C=O) groups excluding carboxylic acids is 1. The Morgan fingerprint density at radius 3 is 2.17 bits per heavy atom. The van der Waals surface area contributed by atoms with Crippen molar-refractivity contribution in [1.82, 2.24) is 19.6 Å². The van der Waals surface area contributed by atoms with Gasteiger partial charge in [0.25, 0.3) is 5.56 Å². The molecule has 30 heavy (non-hydrogen) atoms. The summed E-state index contributed by atoms with van der Waals surface area (Å²) in [7, 11) is 2.44. The minimum absolute atomic E-state index is 0.133. The second-order valence-corrected chi connectivity index (χ2v) is 5.57. The van der Waals surface area contributed by atoms with Gasteiger partial charge in [-0.25, -0.2) is 9.48 Å². The van der Waals surface area contributed by atoms with Crippen LogP contribution in [0, 0.1) is 0 Å². The summed E-state index contributed by atoms with van der Waals surface area (Å²) in [5, 5.41) is 14.1. The molecule has 0 aliphatic carbocycles. The van der Waals surface area contributed by atoms with E-state index >= 15 is 0 Å². The van der Waals surface area contributed by atoms with E-state index in [9.17, 15) is 35.9 Å². The summed E-state index contributed by atoms with van der Waals surface area (Å²) in [6.07, 6.45) is -9.18. The first-order valence-corrected chi connectivity index (χ1v) is 8.07. The Hall–Kier alpha value is -2.97. The van der Waals surface area contributed by atoms with Crippen LogP contribution in [0.5, 0.6) is 5.88 Å². The van der Waals surface area contributed by atoms with Gasteiger partial charge in [0, 0.05) is 20.2 Å². The molecule has 0 unspecified atom stereocenters. The molecule has 0 radical (unpaired) electrons. The second-order valence-electron chi connectivity index (χ2n) is 5.57. The van der Waals surface area contributed by atoms with Crippen LogP contribution in [-0.2, 0) is 42.6 Å². The van der Waals surface area contributed by atoms with Gasteiger partial charge in [0.15, 0.2) is 12.3 Å². The summed E-state index contributed by atoms with van der Waals surface area (Å²) in [4.78, 5) is 21.6. The van der Waals surface area contributed by atoms with Crippen molar-refractivity contribution in [2.75, 3.05) is 13.2 Å². The maximum atomic E-state index is 12.6. The van der Waals surface area contributed by atoms with E-state index in [-0.39, 0.29) is 12.5 Å². The van der Waals surface area contributed by atoms with E-state index < -0.39 is 54.0 Å². The molecule has 0 amide bonds. The van der Waals surface area contributed by atoms with Crippen molar-refractivity contribution in [3.05, 3.63) is 33.4 Å². The molecular weight excluding hydrogens is 430 g/mol. The first-order chi connectivity index (χ1) is 13.7. The zero-order chi connectivity index (χ0) is 23.3. The lowest BCUT2D eigenvalue weighted by molar-refractivity contribution is -0.145. The molecular formula is C15H18F6N4O5. The number of esters is 1. The van der Waals surface area contributed by atoms with Crippen molar-refractivity contribution < 1.29 is 45.7 Å². The maximum absolute atomic E-state index is 12.6. The highest BCUT2D eigenvalue weighted by molar-refractivity contribution is 5.71. The highest BCUT2D eigenvalue weighted by atomic mass is 19.4. The van der Waals surface area contributed by atoms with E-state index in [1.165, 1.54) is 14.1 Å². The van der Waals surface area contributed by atoms with Crippen LogP contribution in [0.4, 0.5) is 26.3 Å². The monoisotopic (exact) mass is 448 g/mol. The molecule has 0 spiro atoms. The summed E-state index contributed by atoms with van der Waals surface area (Å²) < 4.78 is 84.3. The van der Waals surface area contributed by atoms with Crippen LogP contribution in [0.1, 0.15) is 23.9 Å². The molecule has 0 saturated heterocycles. The molecule has 0 saturated carbocycles. The van der Waals surface area contributed by atoms with Crippen LogP contribution in [0.25, 0.3) is 0 Å². The number of alkyl halides is 6.